The van der Waals surface area contributed by atoms with E-state index in [9.17, 15) is 23.3 Å². The molecule has 0 aliphatic rings. The summed E-state index contributed by atoms with van der Waals surface area (Å²) in [6, 6.07) is 10.1. The number of carbonyl (C=O) groups is 1. The fourth-order valence-electron chi connectivity index (χ4n) is 1.97. The van der Waals surface area contributed by atoms with Crippen molar-refractivity contribution in [2.75, 3.05) is 5.32 Å². The Morgan fingerprint density at radius 1 is 1.25 bits per heavy atom. The molecule has 0 radical (unpaired) electrons. The monoisotopic (exact) mass is 413 g/mol. The Balaban J connectivity index is 2.23. The maximum atomic E-state index is 12.2. The van der Waals surface area contributed by atoms with Crippen LogP contribution in [0.5, 0.6) is 0 Å². The number of benzene rings is 2. The third-order valence-corrected chi connectivity index (χ3v) is 4.36. The highest BCUT2D eigenvalue weighted by atomic mass is 79.9. The fraction of sp³-hybridized carbons (Fsp3) is 0.0714. The Labute approximate surface area is 146 Å². The van der Waals surface area contributed by atoms with Crippen LogP contribution in [0.3, 0.4) is 0 Å². The van der Waals surface area contributed by atoms with Crippen LogP contribution in [0.15, 0.2) is 46.9 Å². The van der Waals surface area contributed by atoms with Gasteiger partial charge >= 0.3 is 0 Å². The average Bonchev–Trinajstić information content (AvgIpc) is 2.45. The SMILES string of the molecule is NS(=O)(=O)Cc1cccc(NC(=O)c2ccc(Br)c([N+](=O)[O-])c2)c1. The number of rotatable bonds is 5. The second kappa shape index (κ2) is 7.07. The van der Waals surface area contributed by atoms with E-state index in [0.717, 1.165) is 6.07 Å². The van der Waals surface area contributed by atoms with Crippen molar-refractivity contribution in [3.05, 3.63) is 68.2 Å². The first kappa shape index (κ1) is 18.0. The number of anilines is 1. The summed E-state index contributed by atoms with van der Waals surface area (Å²) in [5, 5.41) is 18.5. The molecule has 10 heteroatoms. The summed E-state index contributed by atoms with van der Waals surface area (Å²) in [6.45, 7) is 0. The molecular formula is C14H12BrN3O5S. The van der Waals surface area contributed by atoms with Crippen LogP contribution in [-0.4, -0.2) is 19.2 Å². The first-order valence-electron chi connectivity index (χ1n) is 6.50. The van der Waals surface area contributed by atoms with Crippen LogP contribution in [0.1, 0.15) is 15.9 Å². The zero-order valence-corrected chi connectivity index (χ0v) is 14.5. The lowest BCUT2D eigenvalue weighted by molar-refractivity contribution is -0.385. The van der Waals surface area contributed by atoms with E-state index < -0.39 is 20.9 Å². The molecule has 0 spiro atoms. The van der Waals surface area contributed by atoms with E-state index in [1.54, 1.807) is 18.2 Å². The lowest BCUT2D eigenvalue weighted by atomic mass is 10.1. The second-order valence-corrected chi connectivity index (χ2v) is 7.35. The van der Waals surface area contributed by atoms with E-state index >= 15 is 0 Å². The molecule has 2 aromatic rings. The summed E-state index contributed by atoms with van der Waals surface area (Å²) >= 11 is 3.04. The summed E-state index contributed by atoms with van der Waals surface area (Å²) in [6.07, 6.45) is 0. The van der Waals surface area contributed by atoms with Gasteiger partial charge in [0, 0.05) is 17.3 Å². The molecule has 126 valence electrons. The van der Waals surface area contributed by atoms with Crippen LogP contribution in [0.4, 0.5) is 11.4 Å². The predicted molar refractivity (Wildman–Crippen MR) is 92.0 cm³/mol. The van der Waals surface area contributed by atoms with Gasteiger partial charge < -0.3 is 5.32 Å². The first-order valence-corrected chi connectivity index (χ1v) is 9.01. The van der Waals surface area contributed by atoms with Crippen molar-refractivity contribution < 1.29 is 18.1 Å². The number of primary sulfonamides is 1. The van der Waals surface area contributed by atoms with E-state index in [-0.39, 0.29) is 21.5 Å². The minimum Gasteiger partial charge on any atom is -0.322 e. The zero-order valence-electron chi connectivity index (χ0n) is 12.1. The quantitative estimate of drug-likeness (QED) is 0.573. The smallest absolute Gasteiger partial charge is 0.284 e. The maximum Gasteiger partial charge on any atom is 0.284 e. The van der Waals surface area contributed by atoms with Gasteiger partial charge in [0.05, 0.1) is 15.1 Å². The van der Waals surface area contributed by atoms with Gasteiger partial charge in [-0.25, -0.2) is 13.6 Å². The van der Waals surface area contributed by atoms with Gasteiger partial charge in [-0.3, -0.25) is 14.9 Å². The van der Waals surface area contributed by atoms with Gasteiger partial charge in [0.15, 0.2) is 0 Å². The lowest BCUT2D eigenvalue weighted by Gasteiger charge is -2.07. The number of nitrogens with zero attached hydrogens (tertiary/aromatic N) is 1. The number of sulfonamides is 1. The van der Waals surface area contributed by atoms with Crippen LogP contribution >= 0.6 is 15.9 Å². The molecule has 2 rings (SSSR count). The Hall–Kier alpha value is -2.30. The van der Waals surface area contributed by atoms with Gasteiger partial charge in [0.2, 0.25) is 10.0 Å². The van der Waals surface area contributed by atoms with Crippen LogP contribution in [0.2, 0.25) is 0 Å². The van der Waals surface area contributed by atoms with Crippen LogP contribution in [0.25, 0.3) is 0 Å². The molecule has 0 fully saturated rings. The number of nitrogens with two attached hydrogens (primary N) is 1. The Kier molecular flexibility index (Phi) is 5.32. The third-order valence-electron chi connectivity index (χ3n) is 2.96. The fourth-order valence-corrected chi connectivity index (χ4v) is 3.00. The molecule has 0 unspecified atom stereocenters. The molecule has 0 saturated carbocycles. The Morgan fingerprint density at radius 3 is 2.58 bits per heavy atom. The number of nitro groups is 1. The van der Waals surface area contributed by atoms with Crippen molar-refractivity contribution in [1.82, 2.24) is 0 Å². The number of carbonyl (C=O) groups excluding carboxylic acids is 1. The Bertz CT molecular complexity index is 914. The van der Waals surface area contributed by atoms with Crippen molar-refractivity contribution >= 4 is 43.2 Å². The topological polar surface area (TPSA) is 132 Å². The molecule has 0 aliphatic heterocycles. The van der Waals surface area contributed by atoms with E-state index in [1.165, 1.54) is 18.2 Å². The highest BCUT2D eigenvalue weighted by Gasteiger charge is 2.16. The highest BCUT2D eigenvalue weighted by molar-refractivity contribution is 9.10. The number of hydrogen-bond acceptors (Lipinski definition) is 5. The van der Waals surface area contributed by atoms with Crippen molar-refractivity contribution in [3.8, 4) is 0 Å². The molecule has 0 aromatic heterocycles. The van der Waals surface area contributed by atoms with Crippen LogP contribution < -0.4 is 10.5 Å². The van der Waals surface area contributed by atoms with Gasteiger partial charge in [0.25, 0.3) is 11.6 Å². The molecule has 0 heterocycles. The molecule has 2 aromatic carbocycles. The third kappa shape index (κ3) is 4.85. The molecule has 0 aliphatic carbocycles. The van der Waals surface area contributed by atoms with Gasteiger partial charge in [-0.05, 0) is 45.8 Å². The van der Waals surface area contributed by atoms with Crippen molar-refractivity contribution in [2.45, 2.75) is 5.75 Å². The first-order chi connectivity index (χ1) is 11.2. The van der Waals surface area contributed by atoms with Crippen molar-refractivity contribution in [2.24, 2.45) is 5.14 Å². The standard InChI is InChI=1S/C14H12BrN3O5S/c15-12-5-4-10(7-13(12)18(20)21)14(19)17-11-3-1-2-9(6-11)8-24(16,22)23/h1-7H,8H2,(H,17,19)(H2,16,22,23). The summed E-state index contributed by atoms with van der Waals surface area (Å²) in [5.41, 5.74) is 0.635. The summed E-state index contributed by atoms with van der Waals surface area (Å²) in [4.78, 5) is 22.5. The van der Waals surface area contributed by atoms with Gasteiger partial charge in [-0.15, -0.1) is 0 Å². The number of nitrogens with one attached hydrogen (secondary N) is 1. The molecule has 1 amide bonds. The lowest BCUT2D eigenvalue weighted by Crippen LogP contribution is -2.15. The molecule has 0 atom stereocenters. The normalized spacial score (nSPS) is 11.1. The summed E-state index contributed by atoms with van der Waals surface area (Å²) in [7, 11) is -3.69. The van der Waals surface area contributed by atoms with Crippen molar-refractivity contribution in [3.63, 3.8) is 0 Å². The Morgan fingerprint density at radius 2 is 1.96 bits per heavy atom. The number of hydrogen-bond donors (Lipinski definition) is 2. The summed E-state index contributed by atoms with van der Waals surface area (Å²) < 4.78 is 22.5. The van der Waals surface area contributed by atoms with Crippen LogP contribution in [-0.2, 0) is 15.8 Å². The van der Waals surface area contributed by atoms with E-state index in [1.807, 2.05) is 0 Å². The second-order valence-electron chi connectivity index (χ2n) is 4.89. The largest absolute Gasteiger partial charge is 0.322 e. The van der Waals surface area contributed by atoms with Crippen molar-refractivity contribution in [1.29, 1.82) is 0 Å². The van der Waals surface area contributed by atoms with Gasteiger partial charge in [-0.2, -0.15) is 0 Å². The van der Waals surface area contributed by atoms with E-state index in [4.69, 9.17) is 5.14 Å². The number of amides is 1. The van der Waals surface area contributed by atoms with Gasteiger partial charge in [-0.1, -0.05) is 12.1 Å². The molecule has 8 nitrogen and oxygen atoms in total. The van der Waals surface area contributed by atoms with E-state index in [0.29, 0.717) is 11.3 Å². The molecule has 24 heavy (non-hydrogen) atoms. The minimum absolute atomic E-state index is 0.0988. The molecule has 0 bridgehead atoms. The van der Waals surface area contributed by atoms with Gasteiger partial charge in [0.1, 0.15) is 0 Å². The highest BCUT2D eigenvalue weighted by Crippen LogP contribution is 2.26. The number of nitro benzene ring substituents is 1. The molecular weight excluding hydrogens is 402 g/mol. The van der Waals surface area contributed by atoms with E-state index in [2.05, 4.69) is 21.2 Å². The average molecular weight is 414 g/mol. The predicted octanol–water partition coefficient (Wildman–Crippen LogP) is 2.40. The number of halogens is 1. The zero-order chi connectivity index (χ0) is 17.9. The van der Waals surface area contributed by atoms with Crippen LogP contribution in [0, 0.1) is 10.1 Å². The molecule has 0 saturated heterocycles. The maximum absolute atomic E-state index is 12.2. The minimum atomic E-state index is -3.69. The molecule has 3 N–H and O–H groups in total. The summed E-state index contributed by atoms with van der Waals surface area (Å²) in [5.74, 6) is -0.918.